The van der Waals surface area contributed by atoms with Crippen molar-refractivity contribution in [2.45, 2.75) is 47.9 Å². The predicted molar refractivity (Wildman–Crippen MR) is 74.0 cm³/mol. The Morgan fingerprint density at radius 2 is 1.83 bits per heavy atom. The van der Waals surface area contributed by atoms with E-state index in [4.69, 9.17) is 0 Å². The molecular weight excluding hydrogens is 277 g/mol. The van der Waals surface area contributed by atoms with Gasteiger partial charge in [0, 0.05) is 0 Å². The maximum atomic E-state index is 2.86. The van der Waals surface area contributed by atoms with E-state index in [1.54, 1.807) is 0 Å². The Balaban J connectivity index is 0. The molecule has 72 valence electrons. The Kier molecular flexibility index (Phi) is 8.47. The van der Waals surface area contributed by atoms with Gasteiger partial charge >= 0.3 is 0 Å². The summed E-state index contributed by atoms with van der Waals surface area (Å²) in [5, 5.41) is 0. The zero-order valence-electron chi connectivity index (χ0n) is 7.95. The molecule has 0 aromatic rings. The molecule has 1 atom stereocenters. The third-order valence-electron chi connectivity index (χ3n) is 1.58. The second-order valence-electron chi connectivity index (χ2n) is 4.27. The van der Waals surface area contributed by atoms with E-state index in [-0.39, 0.29) is 7.43 Å². The SMILES string of the molecule is C.C[C+](C)CC(C)(C)CB(P)I. The minimum atomic E-state index is 0. The molecule has 0 amide bonds. The lowest BCUT2D eigenvalue weighted by molar-refractivity contribution is 0.388. The number of rotatable bonds is 4. The van der Waals surface area contributed by atoms with Crippen LogP contribution in [0.3, 0.4) is 0 Å². The minimum absolute atomic E-state index is 0. The summed E-state index contributed by atoms with van der Waals surface area (Å²) >= 11 is 2.47. The quantitative estimate of drug-likeness (QED) is 0.311. The molecule has 3 heteroatoms. The van der Waals surface area contributed by atoms with Crippen molar-refractivity contribution in [2.24, 2.45) is 5.41 Å². The van der Waals surface area contributed by atoms with Gasteiger partial charge in [0.2, 0.25) is 4.29 Å². The second kappa shape index (κ2) is 6.53. The topological polar surface area (TPSA) is 0 Å². The van der Waals surface area contributed by atoms with Gasteiger partial charge in [-0.15, -0.1) is 22.4 Å². The molecule has 0 aromatic carbocycles. The second-order valence-corrected chi connectivity index (χ2v) is 8.03. The van der Waals surface area contributed by atoms with Crippen molar-refractivity contribution in [3.8, 4) is 0 Å². The molecule has 0 saturated carbocycles. The van der Waals surface area contributed by atoms with Gasteiger partial charge in [0.25, 0.3) is 0 Å². The highest BCUT2D eigenvalue weighted by atomic mass is 127. The number of halogens is 1. The molecule has 0 aromatic heterocycles. The number of hydrogen-bond acceptors (Lipinski definition) is 0. The molecule has 0 bridgehead atoms. The summed E-state index contributed by atoms with van der Waals surface area (Å²) in [6.45, 7) is 9.12. The van der Waals surface area contributed by atoms with Crippen molar-refractivity contribution in [2.75, 3.05) is 0 Å². The van der Waals surface area contributed by atoms with Crippen molar-refractivity contribution >= 4 is 35.8 Å². The van der Waals surface area contributed by atoms with Crippen LogP contribution in [0.1, 0.15) is 41.5 Å². The Bertz CT molecular complexity index is 101. The minimum Gasteiger partial charge on any atom is -0.159 e. The van der Waals surface area contributed by atoms with E-state index in [1.807, 2.05) is 0 Å². The summed E-state index contributed by atoms with van der Waals surface area (Å²) in [5.41, 5.74) is 0.479. The van der Waals surface area contributed by atoms with Gasteiger partial charge in [0.1, 0.15) is 0 Å². The summed E-state index contributed by atoms with van der Waals surface area (Å²) in [5.74, 6) is 1.54. The highest BCUT2D eigenvalue weighted by molar-refractivity contribution is 14.1. The lowest BCUT2D eigenvalue weighted by Crippen LogP contribution is -2.16. The Morgan fingerprint density at radius 1 is 1.42 bits per heavy atom. The highest BCUT2D eigenvalue weighted by Gasteiger charge is 2.27. The van der Waals surface area contributed by atoms with Gasteiger partial charge in [0.05, 0.1) is 26.2 Å². The van der Waals surface area contributed by atoms with Gasteiger partial charge in [-0.3, -0.25) is 0 Å². The molecule has 0 nitrogen and oxygen atoms in total. The Morgan fingerprint density at radius 3 is 2.08 bits per heavy atom. The fourth-order valence-corrected chi connectivity index (χ4v) is 3.39. The smallest absolute Gasteiger partial charge is 0.159 e. The predicted octanol–water partition coefficient (Wildman–Crippen LogP) is 4.45. The van der Waals surface area contributed by atoms with E-state index in [1.165, 1.54) is 18.7 Å². The molecule has 0 fully saturated rings. The maximum absolute atomic E-state index is 2.86. The van der Waals surface area contributed by atoms with E-state index in [2.05, 4.69) is 59.2 Å². The van der Waals surface area contributed by atoms with E-state index in [9.17, 15) is 0 Å². The van der Waals surface area contributed by atoms with Crippen LogP contribution < -0.4 is 0 Å². The fraction of sp³-hybridized carbons (Fsp3) is 0.889. The maximum Gasteiger partial charge on any atom is 0.240 e. The van der Waals surface area contributed by atoms with Crippen molar-refractivity contribution in [3.05, 3.63) is 5.92 Å². The first kappa shape index (κ1) is 15.6. The fourth-order valence-electron chi connectivity index (χ4n) is 1.56. The van der Waals surface area contributed by atoms with Crippen LogP contribution in [0.5, 0.6) is 0 Å². The van der Waals surface area contributed by atoms with E-state index >= 15 is 0 Å². The van der Waals surface area contributed by atoms with Gasteiger partial charge in [-0.2, -0.15) is 9.12 Å². The van der Waals surface area contributed by atoms with Crippen molar-refractivity contribution in [1.82, 2.24) is 0 Å². The van der Waals surface area contributed by atoms with E-state index in [0.717, 1.165) is 0 Å². The van der Waals surface area contributed by atoms with Gasteiger partial charge in [-0.1, -0.05) is 27.6 Å². The molecule has 12 heavy (non-hydrogen) atoms. The Hall–Kier alpha value is 1.09. The third kappa shape index (κ3) is 9.19. The normalized spacial score (nSPS) is 10.5. The van der Waals surface area contributed by atoms with Crippen molar-refractivity contribution in [1.29, 1.82) is 0 Å². The molecule has 0 saturated heterocycles. The Labute approximate surface area is 94.8 Å². The molecule has 0 heterocycles. The summed E-state index contributed by atoms with van der Waals surface area (Å²) in [6, 6.07) is 0. The lowest BCUT2D eigenvalue weighted by atomic mass is 9.73. The first-order chi connectivity index (χ1) is 4.83. The molecule has 1 unspecified atom stereocenters. The largest absolute Gasteiger partial charge is 0.240 e. The van der Waals surface area contributed by atoms with Crippen LogP contribution in [0.2, 0.25) is 6.32 Å². The van der Waals surface area contributed by atoms with E-state index in [0.29, 0.717) is 9.70 Å². The van der Waals surface area contributed by atoms with Crippen LogP contribution in [-0.4, -0.2) is 4.29 Å². The first-order valence-corrected chi connectivity index (χ1v) is 5.93. The molecular formula is C9H22BIP+. The average molecular weight is 299 g/mol. The first-order valence-electron chi connectivity index (χ1n) is 4.02. The van der Waals surface area contributed by atoms with E-state index < -0.39 is 0 Å². The van der Waals surface area contributed by atoms with Crippen LogP contribution in [0.25, 0.3) is 0 Å². The van der Waals surface area contributed by atoms with Crippen LogP contribution in [0.15, 0.2) is 0 Å². The molecule has 0 rings (SSSR count). The van der Waals surface area contributed by atoms with Gasteiger partial charge in [-0.05, 0) is 5.41 Å². The molecule has 0 aliphatic rings. The van der Waals surface area contributed by atoms with Crippen LogP contribution >= 0.6 is 31.5 Å². The van der Waals surface area contributed by atoms with Gasteiger partial charge in [-0.25, -0.2) is 0 Å². The molecule has 0 radical (unpaired) electrons. The molecule has 0 aliphatic carbocycles. The monoisotopic (exact) mass is 299 g/mol. The summed E-state index contributed by atoms with van der Waals surface area (Å²) in [6.07, 6.45) is 2.53. The van der Waals surface area contributed by atoms with Crippen LogP contribution in [0, 0.1) is 11.3 Å². The summed E-state index contributed by atoms with van der Waals surface area (Å²) < 4.78 is 0.710. The van der Waals surface area contributed by atoms with Crippen molar-refractivity contribution < 1.29 is 0 Å². The summed E-state index contributed by atoms with van der Waals surface area (Å²) in [7, 11) is 2.86. The van der Waals surface area contributed by atoms with Crippen molar-refractivity contribution in [3.63, 3.8) is 0 Å². The zero-order valence-corrected chi connectivity index (χ0v) is 11.3. The lowest BCUT2D eigenvalue weighted by Gasteiger charge is -2.21. The highest BCUT2D eigenvalue weighted by Crippen LogP contribution is 2.34. The molecule has 0 N–H and O–H groups in total. The van der Waals surface area contributed by atoms with Crippen LogP contribution in [0.4, 0.5) is 0 Å². The zero-order chi connectivity index (χ0) is 9.07. The number of hydrogen-bond donors (Lipinski definition) is 0. The third-order valence-corrected chi connectivity index (χ3v) is 2.26. The van der Waals surface area contributed by atoms with Crippen LogP contribution in [-0.2, 0) is 0 Å². The standard InChI is InChI=1S/C8H18BIP.CH4/c1-7(2)5-8(3,4)6-9(10)11;/h5-6,11H2,1-4H3;1H4/q+1;. The molecule has 0 spiro atoms. The summed E-state index contributed by atoms with van der Waals surface area (Å²) in [4.78, 5) is 0. The average Bonchev–Trinajstić information content (AvgIpc) is 1.53. The van der Waals surface area contributed by atoms with Gasteiger partial charge < -0.3 is 0 Å². The van der Waals surface area contributed by atoms with Gasteiger partial charge in [0.15, 0.2) is 0 Å². The molecule has 0 aliphatic heterocycles.